The van der Waals surface area contributed by atoms with E-state index < -0.39 is 5.97 Å². The highest BCUT2D eigenvalue weighted by atomic mass is 79.9. The lowest BCUT2D eigenvalue weighted by Gasteiger charge is -2.17. The number of rotatable bonds is 11. The van der Waals surface area contributed by atoms with Gasteiger partial charge in [0.1, 0.15) is 17.5 Å². The van der Waals surface area contributed by atoms with Crippen LogP contribution in [0.3, 0.4) is 0 Å². The van der Waals surface area contributed by atoms with Crippen molar-refractivity contribution in [2.24, 2.45) is 0 Å². The zero-order valence-electron chi connectivity index (χ0n) is 18.4. The molecular formula is C20H23BrN4O6S2. The van der Waals surface area contributed by atoms with E-state index in [0.29, 0.717) is 50.7 Å². The van der Waals surface area contributed by atoms with Crippen LogP contribution < -0.4 is 10.1 Å². The third-order valence-corrected chi connectivity index (χ3v) is 7.11. The molecule has 2 heterocycles. The van der Waals surface area contributed by atoms with E-state index in [1.807, 2.05) is 5.38 Å². The lowest BCUT2D eigenvalue weighted by Crippen LogP contribution is -2.14. The first-order chi connectivity index (χ1) is 15.9. The summed E-state index contributed by atoms with van der Waals surface area (Å²) in [6.07, 6.45) is 0. The number of anilines is 1. The minimum Gasteiger partial charge on any atom is -0.507 e. The van der Waals surface area contributed by atoms with E-state index in [9.17, 15) is 9.90 Å². The molecule has 0 fully saturated rings. The summed E-state index contributed by atoms with van der Waals surface area (Å²) in [4.78, 5) is 21.2. The maximum Gasteiger partial charge on any atom is 0.339 e. The lowest BCUT2D eigenvalue weighted by atomic mass is 10.1. The number of benzene rings is 1. The van der Waals surface area contributed by atoms with Crippen molar-refractivity contribution >= 4 is 50.1 Å². The normalized spacial score (nSPS) is 11.9. The van der Waals surface area contributed by atoms with Crippen molar-refractivity contribution in [3.05, 3.63) is 44.5 Å². The number of thioether (sulfide) groups is 1. The average molecular weight is 559 g/mol. The van der Waals surface area contributed by atoms with Crippen LogP contribution in [-0.4, -0.2) is 53.3 Å². The van der Waals surface area contributed by atoms with Gasteiger partial charge in [-0.2, -0.15) is 16.7 Å². The van der Waals surface area contributed by atoms with Crippen LogP contribution in [0.15, 0.2) is 20.4 Å². The molecule has 0 bridgehead atoms. The molecule has 33 heavy (non-hydrogen) atoms. The van der Waals surface area contributed by atoms with Crippen LogP contribution in [-0.2, 0) is 21.8 Å². The lowest BCUT2D eigenvalue weighted by molar-refractivity contribution is 0.0597. The van der Waals surface area contributed by atoms with Crippen LogP contribution in [0.2, 0.25) is 0 Å². The minimum absolute atomic E-state index is 0.0646. The fourth-order valence-electron chi connectivity index (χ4n) is 2.91. The smallest absolute Gasteiger partial charge is 0.339 e. The molecule has 0 saturated heterocycles. The average Bonchev–Trinajstić information content (AvgIpc) is 3.43. The monoisotopic (exact) mass is 558 g/mol. The summed E-state index contributed by atoms with van der Waals surface area (Å²) < 4.78 is 21.1. The van der Waals surface area contributed by atoms with Crippen LogP contribution in [0.1, 0.15) is 39.4 Å². The topological polar surface area (TPSA) is 129 Å². The third-order valence-electron chi connectivity index (χ3n) is 4.44. The Balaban J connectivity index is 1.80. The molecule has 0 unspecified atom stereocenters. The number of aryl methyl sites for hydroxylation is 1. The zero-order valence-corrected chi connectivity index (χ0v) is 21.6. The number of halogens is 1. The van der Waals surface area contributed by atoms with E-state index in [4.69, 9.17) is 18.7 Å². The van der Waals surface area contributed by atoms with Gasteiger partial charge in [-0.3, -0.25) is 0 Å². The van der Waals surface area contributed by atoms with Crippen molar-refractivity contribution in [1.29, 1.82) is 0 Å². The second kappa shape index (κ2) is 11.7. The van der Waals surface area contributed by atoms with Gasteiger partial charge < -0.3 is 29.2 Å². The Labute approximate surface area is 207 Å². The van der Waals surface area contributed by atoms with Crippen molar-refractivity contribution < 1.29 is 28.6 Å². The molecule has 0 spiro atoms. The van der Waals surface area contributed by atoms with Gasteiger partial charge in [-0.1, -0.05) is 5.16 Å². The summed E-state index contributed by atoms with van der Waals surface area (Å²) in [5.41, 5.74) is 1.45. The molecule has 0 saturated carbocycles. The first-order valence-corrected chi connectivity index (χ1v) is 12.4. The number of aromatic hydroxyl groups is 1. The van der Waals surface area contributed by atoms with Gasteiger partial charge in [0.25, 0.3) is 0 Å². The van der Waals surface area contributed by atoms with Crippen LogP contribution in [0.5, 0.6) is 11.5 Å². The van der Waals surface area contributed by atoms with Gasteiger partial charge in [-0.05, 0) is 22.9 Å². The number of ether oxygens (including phenoxy) is 3. The number of aromatic nitrogens is 3. The molecular weight excluding hydrogens is 536 g/mol. The van der Waals surface area contributed by atoms with Gasteiger partial charge in [0.2, 0.25) is 5.89 Å². The Hall–Kier alpha value is -2.35. The molecule has 0 aliphatic carbocycles. The van der Waals surface area contributed by atoms with E-state index in [0.717, 1.165) is 5.69 Å². The molecule has 178 valence electrons. The van der Waals surface area contributed by atoms with Crippen LogP contribution in [0.25, 0.3) is 0 Å². The highest BCUT2D eigenvalue weighted by Gasteiger charge is 2.25. The van der Waals surface area contributed by atoms with Crippen molar-refractivity contribution in [2.45, 2.75) is 25.3 Å². The van der Waals surface area contributed by atoms with Gasteiger partial charge >= 0.3 is 5.97 Å². The number of esters is 1. The number of phenols is 1. The predicted molar refractivity (Wildman–Crippen MR) is 128 cm³/mol. The van der Waals surface area contributed by atoms with Crippen molar-refractivity contribution in [2.75, 3.05) is 32.4 Å². The third kappa shape index (κ3) is 6.16. The van der Waals surface area contributed by atoms with Gasteiger partial charge in [0.05, 0.1) is 36.6 Å². The van der Waals surface area contributed by atoms with E-state index >= 15 is 0 Å². The van der Waals surface area contributed by atoms with Gasteiger partial charge in [-0.25, -0.2) is 9.78 Å². The molecule has 0 aliphatic rings. The van der Waals surface area contributed by atoms with E-state index in [2.05, 4.69) is 36.4 Å². The molecule has 0 radical (unpaired) electrons. The van der Waals surface area contributed by atoms with E-state index in [1.165, 1.54) is 43.4 Å². The fraction of sp³-hybridized carbons (Fsp3) is 0.400. The Morgan fingerprint density at radius 1 is 1.36 bits per heavy atom. The number of hydrogen-bond donors (Lipinski definition) is 2. The molecule has 0 amide bonds. The summed E-state index contributed by atoms with van der Waals surface area (Å²) in [6, 6.07) is 1.11. The zero-order chi connectivity index (χ0) is 24.0. The van der Waals surface area contributed by atoms with E-state index in [-0.39, 0.29) is 17.4 Å². The first kappa shape index (κ1) is 25.3. The number of methoxy groups -OCH3 is 3. The largest absolute Gasteiger partial charge is 0.507 e. The number of carbonyl (C=O) groups is 1. The Morgan fingerprint density at radius 2 is 2.15 bits per heavy atom. The summed E-state index contributed by atoms with van der Waals surface area (Å²) in [7, 11) is 4.35. The SMILES string of the molecule is COCc1csc(N[C@@H](CSCc2c(O)cc(OC)c(Br)c2C(=O)OC)c2nc(C)no2)n1. The number of hydrogen-bond acceptors (Lipinski definition) is 12. The molecule has 3 aromatic rings. The molecule has 2 N–H and O–H groups in total. The van der Waals surface area contributed by atoms with Gasteiger partial charge in [-0.15, -0.1) is 11.3 Å². The minimum atomic E-state index is -0.581. The number of nitrogens with one attached hydrogen (secondary N) is 1. The maximum absolute atomic E-state index is 12.4. The predicted octanol–water partition coefficient (Wildman–Crippen LogP) is 4.33. The molecule has 1 aromatic carbocycles. The molecule has 10 nitrogen and oxygen atoms in total. The van der Waals surface area contributed by atoms with Gasteiger partial charge in [0.15, 0.2) is 11.0 Å². The van der Waals surface area contributed by atoms with Gasteiger partial charge in [0, 0.05) is 35.6 Å². The molecule has 13 heteroatoms. The van der Waals surface area contributed by atoms with E-state index in [1.54, 1.807) is 14.0 Å². The number of phenolic OH excluding ortho intramolecular Hbond substituents is 1. The summed E-state index contributed by atoms with van der Waals surface area (Å²) >= 11 is 6.29. The summed E-state index contributed by atoms with van der Waals surface area (Å²) in [5, 5.41) is 20.3. The Morgan fingerprint density at radius 3 is 2.79 bits per heavy atom. The quantitative estimate of drug-likeness (QED) is 0.326. The molecule has 1 atom stereocenters. The summed E-state index contributed by atoms with van der Waals surface area (Å²) in [6.45, 7) is 2.16. The Bertz CT molecular complexity index is 1110. The highest BCUT2D eigenvalue weighted by molar-refractivity contribution is 9.10. The van der Waals surface area contributed by atoms with Crippen LogP contribution in [0.4, 0.5) is 5.13 Å². The Kier molecular flexibility index (Phi) is 8.95. The van der Waals surface area contributed by atoms with Crippen molar-refractivity contribution in [3.63, 3.8) is 0 Å². The standard InChI is InChI=1S/C20H23BrN4O6S2/c1-10-22-18(31-25-10)13(24-20-23-11(6-28-2)7-33-20)9-32-8-12-14(26)5-15(29-3)17(21)16(12)19(27)30-4/h5,7,13,26H,6,8-9H2,1-4H3,(H,23,24)/t13-/m0/s1. The summed E-state index contributed by atoms with van der Waals surface area (Å²) in [5.74, 6) is 1.43. The number of carbonyl (C=O) groups excluding carboxylic acids is 1. The maximum atomic E-state index is 12.4. The van der Waals surface area contributed by atoms with Crippen LogP contribution >= 0.6 is 39.0 Å². The highest BCUT2D eigenvalue weighted by Crippen LogP contribution is 2.39. The fourth-order valence-corrected chi connectivity index (χ4v) is 5.41. The number of thiazole rings is 1. The second-order valence-electron chi connectivity index (χ2n) is 6.73. The molecule has 0 aliphatic heterocycles. The second-order valence-corrected chi connectivity index (χ2v) is 9.41. The first-order valence-electron chi connectivity index (χ1n) is 9.62. The number of nitrogens with zero attached hydrogens (tertiary/aromatic N) is 3. The molecule has 3 rings (SSSR count). The van der Waals surface area contributed by atoms with Crippen LogP contribution in [0, 0.1) is 6.92 Å². The van der Waals surface area contributed by atoms with Crippen molar-refractivity contribution in [1.82, 2.24) is 15.1 Å². The molecule has 2 aromatic heterocycles. The van der Waals surface area contributed by atoms with Crippen molar-refractivity contribution in [3.8, 4) is 11.5 Å².